The topological polar surface area (TPSA) is 106 Å². The molecule has 8 nitrogen and oxygen atoms in total. The zero-order chi connectivity index (χ0) is 34.0. The summed E-state index contributed by atoms with van der Waals surface area (Å²) in [4.78, 5) is 37.5. The predicted octanol–water partition coefficient (Wildman–Crippen LogP) is 10.1. The van der Waals surface area contributed by atoms with Crippen LogP contribution in [-0.2, 0) is 20.9 Å². The van der Waals surface area contributed by atoms with Gasteiger partial charge in [0.1, 0.15) is 12.6 Å². The van der Waals surface area contributed by atoms with Crippen molar-refractivity contribution in [2.24, 2.45) is 0 Å². The second-order valence-electron chi connectivity index (χ2n) is 13.0. The summed E-state index contributed by atoms with van der Waals surface area (Å²) < 4.78 is 10.7. The highest BCUT2D eigenvalue weighted by Gasteiger charge is 2.21. The molecule has 1 aromatic rings. The van der Waals surface area contributed by atoms with Crippen molar-refractivity contribution in [2.75, 3.05) is 19.7 Å². The molecule has 1 rings (SSSR count). The summed E-state index contributed by atoms with van der Waals surface area (Å²) in [7, 11) is 0. The lowest BCUT2D eigenvalue weighted by Gasteiger charge is -2.18. The number of ether oxygens (including phenoxy) is 2. The molecular formula is C39H69N3O5. The zero-order valence-electron chi connectivity index (χ0n) is 30.1. The molecule has 8 heteroatoms. The van der Waals surface area contributed by atoms with E-state index in [-0.39, 0.29) is 12.5 Å². The van der Waals surface area contributed by atoms with Crippen LogP contribution in [0.4, 0.5) is 9.59 Å². The van der Waals surface area contributed by atoms with Gasteiger partial charge in [-0.15, -0.1) is 0 Å². The van der Waals surface area contributed by atoms with Crippen LogP contribution in [0.25, 0.3) is 0 Å². The molecule has 3 N–H and O–H groups in total. The van der Waals surface area contributed by atoms with Gasteiger partial charge in [0.15, 0.2) is 0 Å². The fourth-order valence-corrected chi connectivity index (χ4v) is 5.59. The number of unbranched alkanes of at least 4 members (excludes halogenated alkanes) is 19. The van der Waals surface area contributed by atoms with E-state index >= 15 is 0 Å². The van der Waals surface area contributed by atoms with Gasteiger partial charge in [0, 0.05) is 13.1 Å². The number of amides is 3. The summed E-state index contributed by atoms with van der Waals surface area (Å²) in [6, 6.07) is 8.87. The summed E-state index contributed by atoms with van der Waals surface area (Å²) in [6.07, 6.45) is 25.6. The molecule has 0 aromatic heterocycles. The second-order valence-corrected chi connectivity index (χ2v) is 13.0. The van der Waals surface area contributed by atoms with E-state index in [0.717, 1.165) is 31.2 Å². The molecule has 0 fully saturated rings. The second kappa shape index (κ2) is 31.8. The summed E-state index contributed by atoms with van der Waals surface area (Å²) in [5.41, 5.74) is 0.930. The van der Waals surface area contributed by atoms with Crippen LogP contribution in [0.1, 0.15) is 167 Å². The molecule has 0 aliphatic heterocycles. The Balaban J connectivity index is 2.24. The van der Waals surface area contributed by atoms with Gasteiger partial charge in [-0.1, -0.05) is 160 Å². The van der Waals surface area contributed by atoms with Crippen molar-refractivity contribution in [1.29, 1.82) is 0 Å². The van der Waals surface area contributed by atoms with E-state index in [1.807, 2.05) is 30.3 Å². The van der Waals surface area contributed by atoms with Crippen molar-refractivity contribution < 1.29 is 23.9 Å². The van der Waals surface area contributed by atoms with E-state index in [9.17, 15) is 14.4 Å². The molecule has 0 heterocycles. The Hall–Kier alpha value is -2.77. The summed E-state index contributed by atoms with van der Waals surface area (Å²) in [5, 5.41) is 8.54. The molecule has 0 aliphatic carbocycles. The maximum atomic E-state index is 12.9. The minimum Gasteiger partial charge on any atom is -0.450 e. The van der Waals surface area contributed by atoms with Crippen molar-refractivity contribution in [1.82, 2.24) is 16.0 Å². The SMILES string of the molecule is CCCCCCCCCCCCCCCCOC(=O)N[C@@H](CCCCNC(=O)OCc1ccccc1)C(=O)NCCCCCCCC. The number of benzene rings is 1. The van der Waals surface area contributed by atoms with Crippen molar-refractivity contribution in [3.8, 4) is 0 Å². The number of carbonyl (C=O) groups excluding carboxylic acids is 3. The third kappa shape index (κ3) is 26.9. The Morgan fingerprint density at radius 1 is 0.553 bits per heavy atom. The molecule has 0 saturated heterocycles. The van der Waals surface area contributed by atoms with Gasteiger partial charge in [0.25, 0.3) is 0 Å². The fraction of sp³-hybridized carbons (Fsp3) is 0.769. The molecule has 0 saturated carbocycles. The van der Waals surface area contributed by atoms with E-state index in [2.05, 4.69) is 29.8 Å². The molecule has 1 aromatic carbocycles. The van der Waals surface area contributed by atoms with Crippen LogP contribution in [0.5, 0.6) is 0 Å². The summed E-state index contributed by atoms with van der Waals surface area (Å²) in [5.74, 6) is -0.178. The molecule has 3 amide bonds. The first kappa shape index (κ1) is 42.3. The first-order valence-corrected chi connectivity index (χ1v) is 19.2. The monoisotopic (exact) mass is 660 g/mol. The van der Waals surface area contributed by atoms with Crippen LogP contribution in [0.15, 0.2) is 30.3 Å². The average Bonchev–Trinajstić information content (AvgIpc) is 3.08. The van der Waals surface area contributed by atoms with Crippen LogP contribution in [0.3, 0.4) is 0 Å². The molecule has 0 aliphatic rings. The van der Waals surface area contributed by atoms with E-state index in [1.165, 1.54) is 103 Å². The third-order valence-corrected chi connectivity index (χ3v) is 8.57. The molecule has 47 heavy (non-hydrogen) atoms. The van der Waals surface area contributed by atoms with Gasteiger partial charge < -0.3 is 25.4 Å². The smallest absolute Gasteiger partial charge is 0.407 e. The summed E-state index contributed by atoms with van der Waals surface area (Å²) >= 11 is 0. The molecule has 1 atom stereocenters. The van der Waals surface area contributed by atoms with Gasteiger partial charge in [0.05, 0.1) is 6.61 Å². The minimum atomic E-state index is -0.663. The molecule has 0 unspecified atom stereocenters. The number of alkyl carbamates (subject to hydrolysis) is 2. The highest BCUT2D eigenvalue weighted by Crippen LogP contribution is 2.13. The third-order valence-electron chi connectivity index (χ3n) is 8.57. The lowest BCUT2D eigenvalue weighted by molar-refractivity contribution is -0.123. The Morgan fingerprint density at radius 2 is 1.04 bits per heavy atom. The van der Waals surface area contributed by atoms with Crippen LogP contribution in [0, 0.1) is 0 Å². The Bertz CT molecular complexity index is 883. The van der Waals surface area contributed by atoms with Crippen LogP contribution < -0.4 is 16.0 Å². The van der Waals surface area contributed by atoms with E-state index < -0.39 is 18.2 Å². The Kier molecular flexibility index (Phi) is 28.6. The lowest BCUT2D eigenvalue weighted by atomic mass is 10.0. The summed E-state index contributed by atoms with van der Waals surface area (Å²) in [6.45, 7) is 6.09. The van der Waals surface area contributed by atoms with Gasteiger partial charge in [-0.25, -0.2) is 9.59 Å². The van der Waals surface area contributed by atoms with Gasteiger partial charge in [-0.3, -0.25) is 4.79 Å². The molecule has 270 valence electrons. The largest absolute Gasteiger partial charge is 0.450 e. The number of nitrogens with one attached hydrogen (secondary N) is 3. The van der Waals surface area contributed by atoms with Gasteiger partial charge >= 0.3 is 12.2 Å². The molecule has 0 spiro atoms. The quantitative estimate of drug-likeness (QED) is 0.0688. The standard InChI is InChI=1S/C39H69N3O5/c1-3-5-7-9-11-12-13-14-15-16-17-18-20-27-33-46-39(45)42-36(37(43)40-31-25-19-10-8-6-4-2)30-24-26-32-41-38(44)47-34-35-28-22-21-23-29-35/h21-23,28-29,36H,3-20,24-27,30-34H2,1-2H3,(H,40,43)(H,41,44)(H,42,45)/t36-/m0/s1. The minimum absolute atomic E-state index is 0.178. The number of hydrogen-bond acceptors (Lipinski definition) is 5. The first-order chi connectivity index (χ1) is 23.1. The maximum absolute atomic E-state index is 12.9. The lowest BCUT2D eigenvalue weighted by Crippen LogP contribution is -2.47. The molecule has 0 radical (unpaired) electrons. The van der Waals surface area contributed by atoms with Crippen LogP contribution in [-0.4, -0.2) is 43.8 Å². The number of hydrogen-bond donors (Lipinski definition) is 3. The van der Waals surface area contributed by atoms with Gasteiger partial charge in [-0.2, -0.15) is 0 Å². The number of rotatable bonds is 31. The van der Waals surface area contributed by atoms with E-state index in [0.29, 0.717) is 39.0 Å². The van der Waals surface area contributed by atoms with Crippen molar-refractivity contribution >= 4 is 18.1 Å². The first-order valence-electron chi connectivity index (χ1n) is 19.2. The Morgan fingerprint density at radius 3 is 1.62 bits per heavy atom. The van der Waals surface area contributed by atoms with Crippen LogP contribution in [0.2, 0.25) is 0 Å². The van der Waals surface area contributed by atoms with E-state index in [4.69, 9.17) is 9.47 Å². The zero-order valence-corrected chi connectivity index (χ0v) is 30.1. The predicted molar refractivity (Wildman–Crippen MR) is 193 cm³/mol. The Labute approximate surface area is 287 Å². The number of carbonyl (C=O) groups is 3. The normalized spacial score (nSPS) is 11.5. The molecular weight excluding hydrogens is 590 g/mol. The van der Waals surface area contributed by atoms with Gasteiger partial charge in [0.2, 0.25) is 5.91 Å². The average molecular weight is 660 g/mol. The van der Waals surface area contributed by atoms with Crippen molar-refractivity contribution in [3.63, 3.8) is 0 Å². The highest BCUT2D eigenvalue weighted by atomic mass is 16.6. The van der Waals surface area contributed by atoms with Crippen molar-refractivity contribution in [3.05, 3.63) is 35.9 Å². The van der Waals surface area contributed by atoms with Gasteiger partial charge in [-0.05, 0) is 37.7 Å². The molecule has 0 bridgehead atoms. The van der Waals surface area contributed by atoms with Crippen molar-refractivity contribution in [2.45, 2.75) is 174 Å². The van der Waals surface area contributed by atoms with Crippen LogP contribution >= 0.6 is 0 Å². The maximum Gasteiger partial charge on any atom is 0.407 e. The highest BCUT2D eigenvalue weighted by molar-refractivity contribution is 5.85. The fourth-order valence-electron chi connectivity index (χ4n) is 5.59. The van der Waals surface area contributed by atoms with E-state index in [1.54, 1.807) is 0 Å².